The second kappa shape index (κ2) is 5.84. The van der Waals surface area contributed by atoms with Crippen LogP contribution >= 0.6 is 11.6 Å². The van der Waals surface area contributed by atoms with Gasteiger partial charge < -0.3 is 15.6 Å². The van der Waals surface area contributed by atoms with Crippen molar-refractivity contribution in [2.24, 2.45) is 7.05 Å². The number of halogens is 1. The molecule has 0 atom stereocenters. The summed E-state index contributed by atoms with van der Waals surface area (Å²) in [7, 11) is 1.49. The van der Waals surface area contributed by atoms with E-state index < -0.39 is 23.7 Å². The Hall–Kier alpha value is -2.54. The van der Waals surface area contributed by atoms with Crippen LogP contribution in [0.3, 0.4) is 0 Å². The van der Waals surface area contributed by atoms with Crippen molar-refractivity contribution in [3.63, 3.8) is 0 Å². The van der Waals surface area contributed by atoms with Gasteiger partial charge in [-0.05, 0) is 18.2 Å². The second-order valence-electron chi connectivity index (χ2n) is 4.41. The van der Waals surface area contributed by atoms with E-state index in [9.17, 15) is 14.4 Å². The topological polar surface area (TPSA) is 99.1 Å². The lowest BCUT2D eigenvalue weighted by molar-refractivity contribution is -0.116. The number of carbonyl (C=O) groups excluding carboxylic acids is 1. The Morgan fingerprint density at radius 2 is 2.05 bits per heavy atom. The monoisotopic (exact) mass is 308 g/mol. The van der Waals surface area contributed by atoms with Crippen LogP contribution in [0.4, 0.5) is 11.4 Å². The molecule has 1 aromatic carbocycles. The average Bonchev–Trinajstić information content (AvgIpc) is 2.42. The summed E-state index contributed by atoms with van der Waals surface area (Å²) in [4.78, 5) is 35.3. The van der Waals surface area contributed by atoms with Crippen LogP contribution in [0, 0.1) is 0 Å². The zero-order valence-corrected chi connectivity index (χ0v) is 11.9. The summed E-state index contributed by atoms with van der Waals surface area (Å²) in [5, 5.41) is 2.97. The first kappa shape index (κ1) is 14.9. The Balaban J connectivity index is 2.22. The van der Waals surface area contributed by atoms with Gasteiger partial charge in [0.05, 0.1) is 11.4 Å². The highest BCUT2D eigenvalue weighted by atomic mass is 35.5. The lowest BCUT2D eigenvalue weighted by atomic mass is 10.2. The van der Waals surface area contributed by atoms with Crippen molar-refractivity contribution in [3.05, 3.63) is 56.3 Å². The lowest BCUT2D eigenvalue weighted by Crippen LogP contribution is -2.40. The third-order valence-electron chi connectivity index (χ3n) is 2.83. The van der Waals surface area contributed by atoms with Crippen molar-refractivity contribution in [1.29, 1.82) is 0 Å². The van der Waals surface area contributed by atoms with E-state index in [0.29, 0.717) is 16.4 Å². The molecule has 0 bridgehead atoms. The number of nitrogen functional groups attached to an aromatic ring is 1. The summed E-state index contributed by atoms with van der Waals surface area (Å²) >= 11 is 5.76. The number of aryl methyl sites for hydroxylation is 1. The van der Waals surface area contributed by atoms with Crippen LogP contribution in [0.15, 0.2) is 40.1 Å². The highest BCUT2D eigenvalue weighted by Crippen LogP contribution is 2.22. The van der Waals surface area contributed by atoms with Crippen LogP contribution in [-0.4, -0.2) is 15.0 Å². The summed E-state index contributed by atoms with van der Waals surface area (Å²) < 4.78 is 2.05. The number of anilines is 2. The summed E-state index contributed by atoms with van der Waals surface area (Å²) in [6.45, 7) is -0.394. The molecule has 2 aromatic rings. The Kier molecular flexibility index (Phi) is 4.13. The predicted molar refractivity (Wildman–Crippen MR) is 80.4 cm³/mol. The summed E-state index contributed by atoms with van der Waals surface area (Å²) in [6.07, 6.45) is 1.34. The van der Waals surface area contributed by atoms with E-state index in [1.54, 1.807) is 12.1 Å². The number of nitrogens with two attached hydrogens (primary N) is 1. The van der Waals surface area contributed by atoms with Crippen molar-refractivity contribution in [2.75, 3.05) is 11.1 Å². The third-order valence-corrected chi connectivity index (χ3v) is 3.06. The average molecular weight is 309 g/mol. The number of carbonyl (C=O) groups is 1. The van der Waals surface area contributed by atoms with E-state index in [-0.39, 0.29) is 0 Å². The van der Waals surface area contributed by atoms with E-state index in [1.165, 1.54) is 29.9 Å². The fraction of sp³-hybridized carbons (Fsp3) is 0.154. The number of benzene rings is 1. The number of rotatable bonds is 3. The first-order chi connectivity index (χ1) is 9.88. The van der Waals surface area contributed by atoms with Gasteiger partial charge in [-0.25, -0.2) is 4.79 Å². The van der Waals surface area contributed by atoms with Crippen LogP contribution in [0.1, 0.15) is 0 Å². The van der Waals surface area contributed by atoms with Gasteiger partial charge in [-0.1, -0.05) is 11.6 Å². The molecule has 0 spiro atoms. The van der Waals surface area contributed by atoms with Gasteiger partial charge in [0, 0.05) is 24.3 Å². The van der Waals surface area contributed by atoms with Crippen molar-refractivity contribution in [1.82, 2.24) is 9.13 Å². The highest BCUT2D eigenvalue weighted by Gasteiger charge is 2.10. The van der Waals surface area contributed by atoms with Gasteiger partial charge in [0.2, 0.25) is 5.91 Å². The van der Waals surface area contributed by atoms with E-state index in [0.717, 1.165) is 4.57 Å². The normalized spacial score (nSPS) is 10.4. The number of aromatic nitrogens is 2. The van der Waals surface area contributed by atoms with Crippen molar-refractivity contribution < 1.29 is 4.79 Å². The molecule has 21 heavy (non-hydrogen) atoms. The minimum Gasteiger partial charge on any atom is -0.397 e. The standard InChI is InChI=1S/C13H13ClN4O3/c1-17-5-4-12(20)18(13(17)21)7-11(19)16-10-3-2-8(14)6-9(10)15/h2-6H,7,15H2,1H3,(H,16,19). The van der Waals surface area contributed by atoms with E-state index >= 15 is 0 Å². The molecule has 0 fully saturated rings. The molecule has 0 aliphatic carbocycles. The number of amides is 1. The van der Waals surface area contributed by atoms with Gasteiger partial charge in [0.15, 0.2) is 0 Å². The van der Waals surface area contributed by atoms with Crippen LogP contribution in [-0.2, 0) is 18.4 Å². The van der Waals surface area contributed by atoms with Crippen molar-refractivity contribution >= 4 is 28.9 Å². The minimum absolute atomic E-state index is 0.296. The minimum atomic E-state index is -0.568. The van der Waals surface area contributed by atoms with Crippen LogP contribution in [0.5, 0.6) is 0 Å². The number of hydrogen-bond donors (Lipinski definition) is 2. The van der Waals surface area contributed by atoms with Gasteiger partial charge in [0.25, 0.3) is 5.56 Å². The first-order valence-electron chi connectivity index (χ1n) is 6.00. The van der Waals surface area contributed by atoms with Gasteiger partial charge in [-0.15, -0.1) is 0 Å². The third kappa shape index (κ3) is 3.32. The SMILES string of the molecule is Cn1ccc(=O)n(CC(=O)Nc2ccc(Cl)cc2N)c1=O. The van der Waals surface area contributed by atoms with Crippen molar-refractivity contribution in [3.8, 4) is 0 Å². The molecular formula is C13H13ClN4O3. The molecule has 1 amide bonds. The first-order valence-corrected chi connectivity index (χ1v) is 6.37. The van der Waals surface area contributed by atoms with E-state index in [1.807, 2.05) is 0 Å². The van der Waals surface area contributed by atoms with E-state index in [4.69, 9.17) is 17.3 Å². The Labute approximate surface area is 124 Å². The molecule has 1 aromatic heterocycles. The van der Waals surface area contributed by atoms with Gasteiger partial charge in [0.1, 0.15) is 6.54 Å². The Morgan fingerprint density at radius 1 is 1.33 bits per heavy atom. The smallest absolute Gasteiger partial charge is 0.331 e. The van der Waals surface area contributed by atoms with Gasteiger partial charge >= 0.3 is 5.69 Å². The number of hydrogen-bond acceptors (Lipinski definition) is 4. The molecule has 0 aliphatic rings. The molecule has 0 radical (unpaired) electrons. The second-order valence-corrected chi connectivity index (χ2v) is 4.85. The number of nitrogens with one attached hydrogen (secondary N) is 1. The molecule has 0 unspecified atom stereocenters. The fourth-order valence-electron chi connectivity index (χ4n) is 1.74. The summed E-state index contributed by atoms with van der Waals surface area (Å²) in [5.74, 6) is -0.533. The van der Waals surface area contributed by atoms with Crippen LogP contribution < -0.4 is 22.3 Å². The molecule has 7 nitrogen and oxygen atoms in total. The zero-order chi connectivity index (χ0) is 15.6. The molecule has 0 saturated carbocycles. The largest absolute Gasteiger partial charge is 0.397 e. The van der Waals surface area contributed by atoms with Crippen LogP contribution in [0.2, 0.25) is 5.02 Å². The maximum atomic E-state index is 11.9. The maximum absolute atomic E-state index is 11.9. The van der Waals surface area contributed by atoms with Gasteiger partial charge in [-0.3, -0.25) is 14.2 Å². The van der Waals surface area contributed by atoms with Crippen LogP contribution in [0.25, 0.3) is 0 Å². The molecule has 0 aliphatic heterocycles. The number of nitrogens with zero attached hydrogens (tertiary/aromatic N) is 2. The molecule has 1 heterocycles. The lowest BCUT2D eigenvalue weighted by Gasteiger charge is -2.10. The molecule has 110 valence electrons. The summed E-state index contributed by atoms with van der Waals surface area (Å²) in [6, 6.07) is 5.82. The molecule has 2 rings (SSSR count). The molecule has 0 saturated heterocycles. The molecular weight excluding hydrogens is 296 g/mol. The molecule has 8 heteroatoms. The fourth-order valence-corrected chi connectivity index (χ4v) is 1.92. The Morgan fingerprint density at radius 3 is 2.71 bits per heavy atom. The quantitative estimate of drug-likeness (QED) is 0.803. The zero-order valence-electron chi connectivity index (χ0n) is 11.2. The molecule has 3 N–H and O–H groups in total. The van der Waals surface area contributed by atoms with E-state index in [2.05, 4.69) is 5.32 Å². The summed E-state index contributed by atoms with van der Waals surface area (Å²) in [5.41, 5.74) is 5.26. The Bertz CT molecular complexity index is 810. The van der Waals surface area contributed by atoms with Gasteiger partial charge in [-0.2, -0.15) is 0 Å². The predicted octanol–water partition coefficient (Wildman–Crippen LogP) is 0.421. The maximum Gasteiger partial charge on any atom is 0.331 e. The highest BCUT2D eigenvalue weighted by molar-refractivity contribution is 6.31. The van der Waals surface area contributed by atoms with Crippen molar-refractivity contribution in [2.45, 2.75) is 6.54 Å².